The van der Waals surface area contributed by atoms with Crippen LogP contribution in [0.5, 0.6) is 0 Å². The molecule has 0 spiro atoms. The number of benzene rings is 1. The van der Waals surface area contributed by atoms with Gasteiger partial charge in [0.15, 0.2) is 23.0 Å². The van der Waals surface area contributed by atoms with Crippen LogP contribution in [0.25, 0.3) is 11.6 Å². The van der Waals surface area contributed by atoms with Crippen LogP contribution in [0.2, 0.25) is 0 Å². The van der Waals surface area contributed by atoms with Crippen molar-refractivity contribution in [1.29, 1.82) is 0 Å². The van der Waals surface area contributed by atoms with Crippen LogP contribution in [0.3, 0.4) is 0 Å². The molecule has 0 bridgehead atoms. The molecule has 6 aromatic rings. The molecule has 2 saturated carbocycles. The second kappa shape index (κ2) is 14.7. The maximum Gasteiger partial charge on any atom is 0.435 e. The van der Waals surface area contributed by atoms with Crippen molar-refractivity contribution < 1.29 is 40.5 Å². The number of anilines is 2. The molecule has 0 aliphatic heterocycles. The van der Waals surface area contributed by atoms with Gasteiger partial charge in [-0.25, -0.2) is 19.3 Å². The minimum absolute atomic E-state index is 0.0596. The number of alkyl halides is 6. The van der Waals surface area contributed by atoms with Crippen LogP contribution in [-0.4, -0.2) is 46.5 Å². The number of carbonyl (C=O) groups is 2. The molecule has 2 amide bonds. The number of hydrogen-bond acceptors (Lipinski definition) is 8. The third-order valence-electron chi connectivity index (χ3n) is 9.14. The molecule has 56 heavy (non-hydrogen) atoms. The monoisotopic (exact) mass is 777 g/mol. The quantitative estimate of drug-likeness (QED) is 0.146. The molecule has 2 aliphatic carbocycles. The minimum Gasteiger partial charge on any atom is -0.361 e. The Kier molecular flexibility index (Phi) is 9.98. The van der Waals surface area contributed by atoms with E-state index in [2.05, 4.69) is 36.0 Å². The summed E-state index contributed by atoms with van der Waals surface area (Å²) < 4.78 is 85.6. The summed E-state index contributed by atoms with van der Waals surface area (Å²) >= 11 is 0. The van der Waals surface area contributed by atoms with Crippen molar-refractivity contribution in [3.63, 3.8) is 0 Å². The van der Waals surface area contributed by atoms with E-state index in [0.717, 1.165) is 43.4 Å². The van der Waals surface area contributed by atoms with E-state index >= 15 is 0 Å². The molecule has 0 radical (unpaired) electrons. The first-order chi connectivity index (χ1) is 26.6. The zero-order valence-corrected chi connectivity index (χ0v) is 30.0. The molecule has 12 nitrogen and oxygen atoms in total. The van der Waals surface area contributed by atoms with E-state index in [-0.39, 0.29) is 29.4 Å². The Balaban J connectivity index is 0.000000172. The van der Waals surface area contributed by atoms with Crippen molar-refractivity contribution in [2.24, 2.45) is 0 Å². The standard InChI is InChI=1S/C20H17F3N4O.C18H16F3N5O2/c1-12-4-2-3-5-15(12)19(28)25-14-8-9-18(24-11-14)27-16(13-6-7-13)10-17(26-27)20(21,22)23;1-9-16(10(2)28-25-9)17(27)23-12-5-6-15(22-8-12)26-13(11-3-4-11)7-14(24-26)18(19,20)21/h2-5,8-11,13H,6-7H2,1H3,(H,25,28);5-8,11H,3-4H2,1-2H3,(H,23,27). The predicted octanol–water partition coefficient (Wildman–Crippen LogP) is 8.74. The first kappa shape index (κ1) is 38.0. The largest absolute Gasteiger partial charge is 0.435 e. The van der Waals surface area contributed by atoms with Gasteiger partial charge in [-0.05, 0) is 94.5 Å². The summed E-state index contributed by atoms with van der Waals surface area (Å²) in [7, 11) is 0. The van der Waals surface area contributed by atoms with Crippen LogP contribution >= 0.6 is 0 Å². The molecule has 5 aromatic heterocycles. The highest BCUT2D eigenvalue weighted by atomic mass is 19.4. The second-order valence-corrected chi connectivity index (χ2v) is 13.5. The lowest BCUT2D eigenvalue weighted by Crippen LogP contribution is -2.14. The maximum atomic E-state index is 13.0. The summed E-state index contributed by atoms with van der Waals surface area (Å²) in [6.45, 7) is 5.12. The molecule has 0 saturated heterocycles. The van der Waals surface area contributed by atoms with Crippen molar-refractivity contribution in [3.8, 4) is 11.6 Å². The Bertz CT molecular complexity index is 2370. The van der Waals surface area contributed by atoms with Crippen molar-refractivity contribution >= 4 is 23.2 Å². The molecule has 1 aromatic carbocycles. The summed E-state index contributed by atoms with van der Waals surface area (Å²) in [5.41, 5.74) is 2.17. The number of nitrogens with zero attached hydrogens (tertiary/aromatic N) is 7. The number of rotatable bonds is 8. The summed E-state index contributed by atoms with van der Waals surface area (Å²) in [5, 5.41) is 16.5. The van der Waals surface area contributed by atoms with E-state index in [0.29, 0.717) is 45.3 Å². The Morgan fingerprint density at radius 2 is 1.18 bits per heavy atom. The van der Waals surface area contributed by atoms with Gasteiger partial charge in [0, 0.05) is 28.8 Å². The first-order valence-corrected chi connectivity index (χ1v) is 17.4. The van der Waals surface area contributed by atoms with Gasteiger partial charge in [0.1, 0.15) is 11.3 Å². The Morgan fingerprint density at radius 3 is 1.57 bits per heavy atom. The number of pyridine rings is 2. The summed E-state index contributed by atoms with van der Waals surface area (Å²) in [6.07, 6.45) is -2.90. The molecule has 0 atom stereocenters. The van der Waals surface area contributed by atoms with E-state index in [9.17, 15) is 35.9 Å². The third-order valence-corrected chi connectivity index (χ3v) is 9.14. The molecule has 0 unspecified atom stereocenters. The topological polar surface area (TPSA) is 146 Å². The van der Waals surface area contributed by atoms with Crippen molar-refractivity contribution in [2.45, 2.75) is 70.6 Å². The van der Waals surface area contributed by atoms with E-state index in [1.165, 1.54) is 27.8 Å². The average Bonchev–Trinajstić information content (AvgIpc) is 4.06. The van der Waals surface area contributed by atoms with Crippen molar-refractivity contribution in [2.75, 3.05) is 10.6 Å². The molecule has 2 fully saturated rings. The molecule has 5 heterocycles. The van der Waals surface area contributed by atoms with Gasteiger partial charge in [-0.3, -0.25) is 9.59 Å². The van der Waals surface area contributed by atoms with Gasteiger partial charge in [0.05, 0.1) is 29.5 Å². The number of aromatic nitrogens is 7. The zero-order valence-electron chi connectivity index (χ0n) is 30.0. The van der Waals surface area contributed by atoms with Gasteiger partial charge in [-0.1, -0.05) is 23.4 Å². The molecule has 8 rings (SSSR count). The number of hydrogen-bond donors (Lipinski definition) is 2. The van der Waals surface area contributed by atoms with Crippen LogP contribution in [0.1, 0.15) is 98.0 Å². The van der Waals surface area contributed by atoms with Gasteiger partial charge in [0.2, 0.25) is 0 Å². The lowest BCUT2D eigenvalue weighted by molar-refractivity contribution is -0.142. The van der Waals surface area contributed by atoms with Gasteiger partial charge in [0.25, 0.3) is 11.8 Å². The van der Waals surface area contributed by atoms with Crippen molar-refractivity contribution in [3.05, 3.63) is 124 Å². The van der Waals surface area contributed by atoms with Gasteiger partial charge >= 0.3 is 12.4 Å². The summed E-state index contributed by atoms with van der Waals surface area (Å²) in [6, 6.07) is 15.6. The number of halogens is 6. The number of amides is 2. The summed E-state index contributed by atoms with van der Waals surface area (Å²) in [4.78, 5) is 33.1. The molecule has 2 N–H and O–H groups in total. The van der Waals surface area contributed by atoms with Crippen LogP contribution in [0, 0.1) is 20.8 Å². The van der Waals surface area contributed by atoms with Gasteiger partial charge in [-0.2, -0.15) is 36.5 Å². The highest BCUT2D eigenvalue weighted by Gasteiger charge is 2.39. The number of aryl methyl sites for hydroxylation is 3. The SMILES string of the molecule is Cc1ccccc1C(=O)Nc1ccc(-n2nc(C(F)(F)F)cc2C2CC2)nc1.Cc1noc(C)c1C(=O)Nc1ccc(-n2nc(C(F)(F)F)cc2C2CC2)nc1. The fourth-order valence-electron chi connectivity index (χ4n) is 5.97. The fraction of sp³-hybridized carbons (Fsp3) is 0.289. The predicted molar refractivity (Wildman–Crippen MR) is 190 cm³/mol. The molecule has 290 valence electrons. The third kappa shape index (κ3) is 8.33. The van der Waals surface area contributed by atoms with Crippen LogP contribution in [0.4, 0.5) is 37.7 Å². The van der Waals surface area contributed by atoms with Crippen LogP contribution < -0.4 is 10.6 Å². The smallest absolute Gasteiger partial charge is 0.361 e. The minimum atomic E-state index is -4.52. The van der Waals surface area contributed by atoms with Gasteiger partial charge < -0.3 is 15.2 Å². The normalized spacial score (nSPS) is 14.2. The van der Waals surface area contributed by atoms with E-state index in [1.54, 1.807) is 44.2 Å². The molecular weight excluding hydrogens is 744 g/mol. The van der Waals surface area contributed by atoms with Crippen LogP contribution in [-0.2, 0) is 12.4 Å². The Labute approximate surface area is 314 Å². The van der Waals surface area contributed by atoms with E-state index in [1.807, 2.05) is 19.1 Å². The first-order valence-electron chi connectivity index (χ1n) is 17.4. The number of carbonyl (C=O) groups excluding carboxylic acids is 2. The van der Waals surface area contributed by atoms with E-state index < -0.39 is 29.6 Å². The number of nitrogens with one attached hydrogen (secondary N) is 2. The fourth-order valence-corrected chi connectivity index (χ4v) is 5.97. The lowest BCUT2D eigenvalue weighted by atomic mass is 10.1. The average molecular weight is 778 g/mol. The molecule has 2 aliphatic rings. The molecule has 18 heteroatoms. The Hall–Kier alpha value is -6.33. The zero-order chi connectivity index (χ0) is 39.9. The Morgan fingerprint density at radius 1 is 0.696 bits per heavy atom. The van der Waals surface area contributed by atoms with Crippen LogP contribution in [0.15, 0.2) is 77.6 Å². The summed E-state index contributed by atoms with van der Waals surface area (Å²) in [5.74, 6) is 0.395. The highest BCUT2D eigenvalue weighted by molar-refractivity contribution is 6.06. The van der Waals surface area contributed by atoms with E-state index in [4.69, 9.17) is 4.52 Å². The van der Waals surface area contributed by atoms with Crippen molar-refractivity contribution in [1.82, 2.24) is 34.7 Å². The highest BCUT2D eigenvalue weighted by Crippen LogP contribution is 2.44. The second-order valence-electron chi connectivity index (χ2n) is 13.5. The maximum absolute atomic E-state index is 13.0. The lowest BCUT2D eigenvalue weighted by Gasteiger charge is -2.09. The molecular formula is C38H33F6N9O3. The van der Waals surface area contributed by atoms with Gasteiger partial charge in [-0.15, -0.1) is 0 Å².